The number of carboxylic acid groups (broad SMARTS) is 1. The monoisotopic (exact) mass is 349 g/mol. The molecule has 0 aliphatic heterocycles. The van der Waals surface area contributed by atoms with Gasteiger partial charge in [-0.1, -0.05) is 6.07 Å². The predicted molar refractivity (Wildman–Crippen MR) is 93.7 cm³/mol. The van der Waals surface area contributed by atoms with Crippen LogP contribution in [0.2, 0.25) is 0 Å². The fourth-order valence-electron chi connectivity index (χ4n) is 2.56. The minimum Gasteiger partial charge on any atom is -0.478 e. The number of carbonyl (C=O) groups is 1. The van der Waals surface area contributed by atoms with Gasteiger partial charge in [0.1, 0.15) is 0 Å². The molecule has 0 bridgehead atoms. The zero-order valence-electron chi connectivity index (χ0n) is 13.5. The second-order valence-corrected chi connectivity index (χ2v) is 7.14. The Morgan fingerprint density at radius 1 is 1.04 bits per heavy atom. The summed E-state index contributed by atoms with van der Waals surface area (Å²) in [6.07, 6.45) is 0. The van der Waals surface area contributed by atoms with Gasteiger partial charge in [0.15, 0.2) is 0 Å². The van der Waals surface area contributed by atoms with Crippen LogP contribution in [0.1, 0.15) is 27.0 Å². The first-order valence-electron chi connectivity index (χ1n) is 7.07. The first-order chi connectivity index (χ1) is 11.1. The van der Waals surface area contributed by atoms with Crippen LogP contribution in [0.3, 0.4) is 0 Å². The number of carboxylic acids is 1. The second-order valence-electron chi connectivity index (χ2n) is 5.52. The molecule has 7 nitrogen and oxygen atoms in total. The molecule has 0 amide bonds. The Morgan fingerprint density at radius 2 is 1.58 bits per heavy atom. The molecule has 0 atom stereocenters. The SMILES string of the molecule is Cc1c(N)c(C)c(S(=O)(=O)Nc2cccc(C(=O)O)c2)c(C)c1N. The molecule has 2 aromatic rings. The summed E-state index contributed by atoms with van der Waals surface area (Å²) in [6.45, 7) is 4.94. The number of benzene rings is 2. The topological polar surface area (TPSA) is 136 Å². The molecule has 0 aliphatic rings. The Hall–Kier alpha value is -2.74. The third kappa shape index (κ3) is 3.00. The van der Waals surface area contributed by atoms with Crippen LogP contribution in [-0.2, 0) is 10.0 Å². The van der Waals surface area contributed by atoms with Gasteiger partial charge in [-0.15, -0.1) is 0 Å². The van der Waals surface area contributed by atoms with Crippen LogP contribution in [0.5, 0.6) is 0 Å². The van der Waals surface area contributed by atoms with E-state index in [9.17, 15) is 13.2 Å². The van der Waals surface area contributed by atoms with Gasteiger partial charge >= 0.3 is 5.97 Å². The van der Waals surface area contributed by atoms with Gasteiger partial charge in [-0.2, -0.15) is 0 Å². The zero-order chi connectivity index (χ0) is 18.2. The maximum atomic E-state index is 12.8. The first-order valence-corrected chi connectivity index (χ1v) is 8.55. The molecule has 0 aromatic heterocycles. The van der Waals surface area contributed by atoms with Crippen molar-refractivity contribution in [2.45, 2.75) is 25.7 Å². The van der Waals surface area contributed by atoms with Crippen LogP contribution >= 0.6 is 0 Å². The smallest absolute Gasteiger partial charge is 0.335 e. The Morgan fingerprint density at radius 3 is 2.08 bits per heavy atom. The Bertz CT molecular complexity index is 908. The average molecular weight is 349 g/mol. The molecule has 0 spiro atoms. The molecule has 2 aromatic carbocycles. The lowest BCUT2D eigenvalue weighted by Gasteiger charge is -2.18. The Labute approximate surface area is 140 Å². The fourth-order valence-corrected chi connectivity index (χ4v) is 4.12. The van der Waals surface area contributed by atoms with Crippen LogP contribution < -0.4 is 16.2 Å². The van der Waals surface area contributed by atoms with Crippen molar-refractivity contribution in [2.75, 3.05) is 16.2 Å². The highest BCUT2D eigenvalue weighted by Crippen LogP contribution is 2.34. The van der Waals surface area contributed by atoms with Crippen molar-refractivity contribution < 1.29 is 18.3 Å². The van der Waals surface area contributed by atoms with E-state index in [4.69, 9.17) is 16.6 Å². The maximum absolute atomic E-state index is 12.8. The number of nitrogen functional groups attached to an aromatic ring is 2. The van der Waals surface area contributed by atoms with E-state index in [1.54, 1.807) is 20.8 Å². The van der Waals surface area contributed by atoms with Gasteiger partial charge in [0.2, 0.25) is 0 Å². The van der Waals surface area contributed by atoms with Crippen molar-refractivity contribution >= 4 is 33.1 Å². The normalized spacial score (nSPS) is 11.3. The first kappa shape index (κ1) is 17.6. The van der Waals surface area contributed by atoms with Crippen LogP contribution in [-0.4, -0.2) is 19.5 Å². The number of sulfonamides is 1. The van der Waals surface area contributed by atoms with Crippen LogP contribution in [0.25, 0.3) is 0 Å². The van der Waals surface area contributed by atoms with Crippen molar-refractivity contribution in [3.8, 4) is 0 Å². The third-order valence-electron chi connectivity index (χ3n) is 3.93. The minimum absolute atomic E-state index is 0.00354. The Balaban J connectivity index is 2.57. The van der Waals surface area contributed by atoms with E-state index in [0.717, 1.165) is 0 Å². The lowest BCUT2D eigenvalue weighted by Crippen LogP contribution is -2.18. The van der Waals surface area contributed by atoms with E-state index in [1.807, 2.05) is 0 Å². The maximum Gasteiger partial charge on any atom is 0.335 e. The fraction of sp³-hybridized carbons (Fsp3) is 0.188. The highest BCUT2D eigenvalue weighted by Gasteiger charge is 2.24. The summed E-state index contributed by atoms with van der Waals surface area (Å²) in [6, 6.07) is 5.54. The lowest BCUT2D eigenvalue weighted by molar-refractivity contribution is 0.0697. The van der Waals surface area contributed by atoms with Crippen LogP contribution in [0.15, 0.2) is 29.2 Å². The van der Waals surface area contributed by atoms with Crippen LogP contribution in [0.4, 0.5) is 17.1 Å². The lowest BCUT2D eigenvalue weighted by atomic mass is 10.0. The molecule has 6 N–H and O–H groups in total. The molecule has 2 rings (SSSR count). The van der Waals surface area contributed by atoms with Gasteiger partial charge in [-0.05, 0) is 55.7 Å². The van der Waals surface area contributed by atoms with Gasteiger partial charge in [-0.3, -0.25) is 4.72 Å². The summed E-state index contributed by atoms with van der Waals surface area (Å²) in [7, 11) is -3.98. The van der Waals surface area contributed by atoms with Crippen molar-refractivity contribution in [3.63, 3.8) is 0 Å². The third-order valence-corrected chi connectivity index (χ3v) is 5.58. The molecule has 0 fully saturated rings. The number of aromatic carboxylic acids is 1. The van der Waals surface area contributed by atoms with Crippen molar-refractivity contribution in [2.24, 2.45) is 0 Å². The molecule has 0 saturated carbocycles. The number of nitrogens with one attached hydrogen (secondary N) is 1. The molecular formula is C16H19N3O4S. The molecule has 0 aliphatic carbocycles. The highest BCUT2D eigenvalue weighted by atomic mass is 32.2. The molecule has 0 saturated heterocycles. The number of hydrogen-bond donors (Lipinski definition) is 4. The quantitative estimate of drug-likeness (QED) is 0.625. The van der Waals surface area contributed by atoms with E-state index in [-0.39, 0.29) is 16.1 Å². The van der Waals surface area contributed by atoms with Gasteiger partial charge in [-0.25, -0.2) is 13.2 Å². The molecule has 0 radical (unpaired) electrons. The van der Waals surface area contributed by atoms with Gasteiger partial charge in [0.25, 0.3) is 10.0 Å². The van der Waals surface area contributed by atoms with Crippen LogP contribution in [0, 0.1) is 20.8 Å². The van der Waals surface area contributed by atoms with Gasteiger partial charge < -0.3 is 16.6 Å². The summed E-state index contributed by atoms with van der Waals surface area (Å²) in [5, 5.41) is 9.01. The molecule has 0 unspecified atom stereocenters. The predicted octanol–water partition coefficient (Wildman–Crippen LogP) is 2.28. The highest BCUT2D eigenvalue weighted by molar-refractivity contribution is 7.92. The van der Waals surface area contributed by atoms with Crippen molar-refractivity contribution in [1.29, 1.82) is 0 Å². The Kier molecular flexibility index (Phi) is 4.44. The average Bonchev–Trinajstić information content (AvgIpc) is 2.50. The van der Waals surface area contributed by atoms with Crippen molar-refractivity contribution in [3.05, 3.63) is 46.5 Å². The number of nitrogens with two attached hydrogens (primary N) is 2. The van der Waals surface area contributed by atoms with Gasteiger partial charge in [0.05, 0.1) is 10.5 Å². The number of hydrogen-bond acceptors (Lipinski definition) is 5. The summed E-state index contributed by atoms with van der Waals surface area (Å²) in [5.41, 5.74) is 14.1. The molecule has 0 heterocycles. The largest absolute Gasteiger partial charge is 0.478 e. The molecule has 24 heavy (non-hydrogen) atoms. The molecular weight excluding hydrogens is 330 g/mol. The van der Waals surface area contributed by atoms with E-state index in [2.05, 4.69) is 4.72 Å². The minimum atomic E-state index is -3.98. The van der Waals surface area contributed by atoms with E-state index in [1.165, 1.54) is 24.3 Å². The van der Waals surface area contributed by atoms with E-state index >= 15 is 0 Å². The second kappa shape index (κ2) is 6.04. The summed E-state index contributed by atoms with van der Waals surface area (Å²) in [4.78, 5) is 11.0. The summed E-state index contributed by atoms with van der Waals surface area (Å²) in [5.74, 6) is -1.15. The van der Waals surface area contributed by atoms with Gasteiger partial charge in [0, 0.05) is 17.1 Å². The standard InChI is InChI=1S/C16H19N3O4S/c1-8-13(17)9(2)15(10(3)14(8)18)24(22,23)19-12-6-4-5-11(7-12)16(20)21/h4-7,19H,17-18H2,1-3H3,(H,20,21). The number of anilines is 3. The van der Waals surface area contributed by atoms with Crippen molar-refractivity contribution in [1.82, 2.24) is 0 Å². The molecule has 8 heteroatoms. The van der Waals surface area contributed by atoms with E-state index < -0.39 is 16.0 Å². The molecule has 128 valence electrons. The summed E-state index contributed by atoms with van der Waals surface area (Å²) < 4.78 is 27.9. The van der Waals surface area contributed by atoms with E-state index in [0.29, 0.717) is 28.1 Å². The summed E-state index contributed by atoms with van der Waals surface area (Å²) >= 11 is 0. The zero-order valence-corrected chi connectivity index (χ0v) is 14.4. The number of rotatable bonds is 4.